The van der Waals surface area contributed by atoms with Gasteiger partial charge in [-0.05, 0) is 31.5 Å². The summed E-state index contributed by atoms with van der Waals surface area (Å²) in [5.74, 6) is 0.178. The second kappa shape index (κ2) is 4.81. The molecule has 1 aliphatic rings. The Hall–Kier alpha value is -1.46. The van der Waals surface area contributed by atoms with E-state index in [1.54, 1.807) is 0 Å². The molecule has 1 aliphatic heterocycles. The van der Waals surface area contributed by atoms with Crippen LogP contribution in [-0.4, -0.2) is 30.1 Å². The van der Waals surface area contributed by atoms with Crippen LogP contribution in [0.25, 0.3) is 0 Å². The minimum absolute atomic E-state index is 0.118. The number of carbonyl (C=O) groups is 1. The SMILES string of the molecule is Cc1cc(C)nc(NC(=O)C2COCC2N)c1. The van der Waals surface area contributed by atoms with Crippen LogP contribution in [0.15, 0.2) is 12.1 Å². The molecular formula is C12H17N3O2. The molecule has 1 amide bonds. The topological polar surface area (TPSA) is 77.2 Å². The molecule has 5 nitrogen and oxygen atoms in total. The Labute approximate surface area is 100 Å². The van der Waals surface area contributed by atoms with Crippen molar-refractivity contribution in [1.82, 2.24) is 4.98 Å². The van der Waals surface area contributed by atoms with Gasteiger partial charge in [-0.3, -0.25) is 4.79 Å². The number of anilines is 1. The van der Waals surface area contributed by atoms with E-state index < -0.39 is 0 Å². The Morgan fingerprint density at radius 1 is 1.47 bits per heavy atom. The molecular weight excluding hydrogens is 218 g/mol. The van der Waals surface area contributed by atoms with Crippen LogP contribution in [0.5, 0.6) is 0 Å². The van der Waals surface area contributed by atoms with E-state index in [9.17, 15) is 4.79 Å². The number of ether oxygens (including phenoxy) is 1. The van der Waals surface area contributed by atoms with Crippen LogP contribution < -0.4 is 11.1 Å². The normalized spacial score (nSPS) is 23.7. The average molecular weight is 235 g/mol. The van der Waals surface area contributed by atoms with Gasteiger partial charge in [0.2, 0.25) is 5.91 Å². The van der Waals surface area contributed by atoms with Crippen LogP contribution in [-0.2, 0) is 9.53 Å². The van der Waals surface area contributed by atoms with Crippen LogP contribution >= 0.6 is 0 Å². The fourth-order valence-corrected chi connectivity index (χ4v) is 1.97. The van der Waals surface area contributed by atoms with Gasteiger partial charge in [0.15, 0.2) is 0 Å². The van der Waals surface area contributed by atoms with Gasteiger partial charge in [0.25, 0.3) is 0 Å². The molecule has 0 spiro atoms. The minimum atomic E-state index is -0.280. The summed E-state index contributed by atoms with van der Waals surface area (Å²) in [7, 11) is 0. The Morgan fingerprint density at radius 3 is 2.82 bits per heavy atom. The van der Waals surface area contributed by atoms with Gasteiger partial charge in [0, 0.05) is 11.7 Å². The van der Waals surface area contributed by atoms with E-state index in [2.05, 4.69) is 10.3 Å². The number of nitrogens with zero attached hydrogens (tertiary/aromatic N) is 1. The van der Waals surface area contributed by atoms with Crippen molar-refractivity contribution in [3.8, 4) is 0 Å². The first kappa shape index (κ1) is 12.0. The van der Waals surface area contributed by atoms with E-state index in [0.29, 0.717) is 19.0 Å². The molecule has 17 heavy (non-hydrogen) atoms. The number of rotatable bonds is 2. The number of amides is 1. The third-order valence-electron chi connectivity index (χ3n) is 2.81. The van der Waals surface area contributed by atoms with Crippen LogP contribution in [0, 0.1) is 19.8 Å². The van der Waals surface area contributed by atoms with Gasteiger partial charge in [0.1, 0.15) is 5.82 Å². The monoisotopic (exact) mass is 235 g/mol. The fourth-order valence-electron chi connectivity index (χ4n) is 1.97. The van der Waals surface area contributed by atoms with Crippen LogP contribution in [0.1, 0.15) is 11.3 Å². The van der Waals surface area contributed by atoms with Crippen LogP contribution in [0.2, 0.25) is 0 Å². The fraction of sp³-hybridized carbons (Fsp3) is 0.500. The molecule has 1 aromatic heterocycles. The first-order valence-electron chi connectivity index (χ1n) is 5.66. The lowest BCUT2D eigenvalue weighted by Gasteiger charge is -2.13. The summed E-state index contributed by atoms with van der Waals surface area (Å²) in [5.41, 5.74) is 7.74. The largest absolute Gasteiger partial charge is 0.379 e. The summed E-state index contributed by atoms with van der Waals surface area (Å²) in [4.78, 5) is 16.2. The Morgan fingerprint density at radius 2 is 2.24 bits per heavy atom. The van der Waals surface area contributed by atoms with Crippen molar-refractivity contribution in [3.05, 3.63) is 23.4 Å². The number of hydrogen-bond donors (Lipinski definition) is 2. The number of nitrogens with two attached hydrogens (primary N) is 1. The number of aryl methyl sites for hydroxylation is 2. The van der Waals surface area contributed by atoms with Gasteiger partial charge in [0.05, 0.1) is 19.1 Å². The number of carbonyl (C=O) groups excluding carboxylic acids is 1. The predicted octanol–water partition coefficient (Wildman–Crippen LogP) is 0.611. The summed E-state index contributed by atoms with van der Waals surface area (Å²) < 4.78 is 5.17. The van der Waals surface area contributed by atoms with Gasteiger partial charge in [-0.15, -0.1) is 0 Å². The number of aromatic nitrogens is 1. The third kappa shape index (κ3) is 2.81. The summed E-state index contributed by atoms with van der Waals surface area (Å²) in [6.07, 6.45) is 0. The highest BCUT2D eigenvalue weighted by atomic mass is 16.5. The second-order valence-electron chi connectivity index (χ2n) is 4.47. The van der Waals surface area contributed by atoms with E-state index in [1.165, 1.54) is 0 Å². The van der Waals surface area contributed by atoms with E-state index in [-0.39, 0.29) is 17.9 Å². The zero-order chi connectivity index (χ0) is 12.4. The molecule has 1 aromatic rings. The molecule has 2 heterocycles. The Balaban J connectivity index is 2.07. The van der Waals surface area contributed by atoms with Gasteiger partial charge in [-0.1, -0.05) is 0 Å². The lowest BCUT2D eigenvalue weighted by atomic mass is 10.0. The number of nitrogens with one attached hydrogen (secondary N) is 1. The average Bonchev–Trinajstić information content (AvgIpc) is 2.62. The molecule has 0 radical (unpaired) electrons. The van der Waals surface area contributed by atoms with Gasteiger partial charge >= 0.3 is 0 Å². The zero-order valence-corrected chi connectivity index (χ0v) is 10.1. The molecule has 1 saturated heterocycles. The molecule has 0 bridgehead atoms. The van der Waals surface area contributed by atoms with Crippen LogP contribution in [0.4, 0.5) is 5.82 Å². The smallest absolute Gasteiger partial charge is 0.232 e. The van der Waals surface area contributed by atoms with Crippen LogP contribution in [0.3, 0.4) is 0 Å². The zero-order valence-electron chi connectivity index (χ0n) is 10.1. The summed E-state index contributed by atoms with van der Waals surface area (Å²) in [6, 6.07) is 3.58. The quantitative estimate of drug-likeness (QED) is 0.787. The molecule has 0 aromatic carbocycles. The van der Waals surface area contributed by atoms with Gasteiger partial charge < -0.3 is 15.8 Å². The first-order valence-corrected chi connectivity index (χ1v) is 5.66. The lowest BCUT2D eigenvalue weighted by molar-refractivity contribution is -0.120. The van der Waals surface area contributed by atoms with Gasteiger partial charge in [-0.25, -0.2) is 4.98 Å². The molecule has 92 valence electrons. The van der Waals surface area contributed by atoms with Crippen molar-refractivity contribution >= 4 is 11.7 Å². The minimum Gasteiger partial charge on any atom is -0.379 e. The summed E-state index contributed by atoms with van der Waals surface area (Å²) in [5, 5.41) is 2.79. The maximum atomic E-state index is 11.9. The van der Waals surface area contributed by atoms with Crippen molar-refractivity contribution in [1.29, 1.82) is 0 Å². The molecule has 5 heteroatoms. The summed E-state index contributed by atoms with van der Waals surface area (Å²) >= 11 is 0. The molecule has 2 atom stereocenters. The maximum absolute atomic E-state index is 11.9. The first-order chi connectivity index (χ1) is 8.06. The van der Waals surface area contributed by atoms with Crippen molar-refractivity contribution in [2.45, 2.75) is 19.9 Å². The molecule has 1 fully saturated rings. The molecule has 0 aliphatic carbocycles. The highest BCUT2D eigenvalue weighted by Crippen LogP contribution is 2.15. The third-order valence-corrected chi connectivity index (χ3v) is 2.81. The van der Waals surface area contributed by atoms with E-state index >= 15 is 0 Å². The van der Waals surface area contributed by atoms with Crippen molar-refractivity contribution in [2.75, 3.05) is 18.5 Å². The Kier molecular flexibility index (Phi) is 3.40. The van der Waals surface area contributed by atoms with Crippen molar-refractivity contribution in [3.63, 3.8) is 0 Å². The molecule has 2 rings (SSSR count). The van der Waals surface area contributed by atoms with E-state index in [1.807, 2.05) is 26.0 Å². The van der Waals surface area contributed by atoms with Crippen molar-refractivity contribution < 1.29 is 9.53 Å². The standard InChI is InChI=1S/C12H17N3O2/c1-7-3-8(2)14-11(4-7)15-12(16)9-5-17-6-10(9)13/h3-4,9-10H,5-6,13H2,1-2H3,(H,14,15,16). The van der Waals surface area contributed by atoms with E-state index in [4.69, 9.17) is 10.5 Å². The van der Waals surface area contributed by atoms with Gasteiger partial charge in [-0.2, -0.15) is 0 Å². The lowest BCUT2D eigenvalue weighted by Crippen LogP contribution is -2.37. The highest BCUT2D eigenvalue weighted by Gasteiger charge is 2.31. The number of hydrogen-bond acceptors (Lipinski definition) is 4. The molecule has 3 N–H and O–H groups in total. The second-order valence-corrected chi connectivity index (χ2v) is 4.47. The number of pyridine rings is 1. The molecule has 0 saturated carbocycles. The predicted molar refractivity (Wildman–Crippen MR) is 64.6 cm³/mol. The van der Waals surface area contributed by atoms with E-state index in [0.717, 1.165) is 11.3 Å². The Bertz CT molecular complexity index is 414. The molecule has 2 unspecified atom stereocenters. The maximum Gasteiger partial charge on any atom is 0.232 e. The van der Waals surface area contributed by atoms with Crippen molar-refractivity contribution in [2.24, 2.45) is 11.7 Å². The summed E-state index contributed by atoms with van der Waals surface area (Å²) in [6.45, 7) is 4.69. The highest BCUT2D eigenvalue weighted by molar-refractivity contribution is 5.92.